The summed E-state index contributed by atoms with van der Waals surface area (Å²) in [5.74, 6) is -0.726. The number of carbonyl (C=O) groups excluding carboxylic acids is 2. The second kappa shape index (κ2) is 5.71. The summed E-state index contributed by atoms with van der Waals surface area (Å²) < 4.78 is 18.9. The SMILES string of the molecule is CC(C)(C)OC(=O)NC1CCc2c(F)cccc2NC1=O. The molecule has 2 rings (SSSR count). The third kappa shape index (κ3) is 3.93. The number of hydrogen-bond acceptors (Lipinski definition) is 3. The monoisotopic (exact) mass is 294 g/mol. The highest BCUT2D eigenvalue weighted by atomic mass is 19.1. The van der Waals surface area contributed by atoms with Gasteiger partial charge in [0.05, 0.1) is 0 Å². The molecule has 1 aromatic rings. The van der Waals surface area contributed by atoms with Gasteiger partial charge in [-0.1, -0.05) is 6.07 Å². The van der Waals surface area contributed by atoms with Crippen molar-refractivity contribution in [2.75, 3.05) is 5.32 Å². The number of anilines is 1. The highest BCUT2D eigenvalue weighted by Crippen LogP contribution is 2.24. The van der Waals surface area contributed by atoms with Crippen LogP contribution in [0, 0.1) is 5.82 Å². The standard InChI is InChI=1S/C15H19FN2O3/c1-15(2,3)21-14(20)18-12-8-7-9-10(16)5-4-6-11(9)17-13(12)19/h4-6,12H,7-8H2,1-3H3,(H,17,19)(H,18,20). The molecular weight excluding hydrogens is 275 g/mol. The average molecular weight is 294 g/mol. The molecule has 1 heterocycles. The summed E-state index contributed by atoms with van der Waals surface area (Å²) >= 11 is 0. The van der Waals surface area contributed by atoms with E-state index >= 15 is 0 Å². The minimum Gasteiger partial charge on any atom is -0.444 e. The summed E-state index contributed by atoms with van der Waals surface area (Å²) in [5.41, 5.74) is 0.271. The maximum absolute atomic E-state index is 13.7. The van der Waals surface area contributed by atoms with Crippen molar-refractivity contribution in [1.29, 1.82) is 0 Å². The van der Waals surface area contributed by atoms with Crippen molar-refractivity contribution in [3.05, 3.63) is 29.6 Å². The Balaban J connectivity index is 2.07. The van der Waals surface area contributed by atoms with Crippen LogP contribution in [0.1, 0.15) is 32.8 Å². The molecule has 0 aromatic heterocycles. The molecule has 1 unspecified atom stereocenters. The summed E-state index contributed by atoms with van der Waals surface area (Å²) in [7, 11) is 0. The fourth-order valence-electron chi connectivity index (χ4n) is 2.16. The van der Waals surface area contributed by atoms with Crippen LogP contribution in [-0.2, 0) is 16.0 Å². The number of amides is 2. The first-order valence-corrected chi connectivity index (χ1v) is 6.84. The largest absolute Gasteiger partial charge is 0.444 e. The lowest BCUT2D eigenvalue weighted by Crippen LogP contribution is -2.45. The van der Waals surface area contributed by atoms with E-state index in [-0.39, 0.29) is 11.7 Å². The van der Waals surface area contributed by atoms with Crippen LogP contribution in [-0.4, -0.2) is 23.6 Å². The number of rotatable bonds is 1. The van der Waals surface area contributed by atoms with Crippen molar-refractivity contribution in [3.8, 4) is 0 Å². The van der Waals surface area contributed by atoms with Crippen LogP contribution >= 0.6 is 0 Å². The number of hydrogen-bond donors (Lipinski definition) is 2. The van der Waals surface area contributed by atoms with Gasteiger partial charge in [0, 0.05) is 11.3 Å². The zero-order valence-corrected chi connectivity index (χ0v) is 12.3. The lowest BCUT2D eigenvalue weighted by Gasteiger charge is -2.22. The molecule has 0 bridgehead atoms. The zero-order valence-electron chi connectivity index (χ0n) is 12.3. The lowest BCUT2D eigenvalue weighted by atomic mass is 10.1. The second-order valence-electron chi connectivity index (χ2n) is 5.99. The molecule has 1 atom stereocenters. The number of alkyl carbamates (subject to hydrolysis) is 1. The minimum atomic E-state index is -0.744. The zero-order chi connectivity index (χ0) is 15.6. The Hall–Kier alpha value is -2.11. The highest BCUT2D eigenvalue weighted by Gasteiger charge is 2.28. The Bertz CT molecular complexity index is 567. The van der Waals surface area contributed by atoms with Gasteiger partial charge in [0.1, 0.15) is 17.5 Å². The van der Waals surface area contributed by atoms with Gasteiger partial charge < -0.3 is 15.4 Å². The molecule has 1 aliphatic heterocycles. The Morgan fingerprint density at radius 3 is 2.81 bits per heavy atom. The first-order valence-electron chi connectivity index (χ1n) is 6.84. The van der Waals surface area contributed by atoms with Crippen LogP contribution in [0.5, 0.6) is 0 Å². The van der Waals surface area contributed by atoms with Crippen molar-refractivity contribution in [2.45, 2.75) is 45.3 Å². The van der Waals surface area contributed by atoms with Crippen molar-refractivity contribution >= 4 is 17.7 Å². The van der Waals surface area contributed by atoms with Gasteiger partial charge in [0.25, 0.3) is 0 Å². The van der Waals surface area contributed by atoms with Gasteiger partial charge in [-0.05, 0) is 45.7 Å². The Labute approximate surface area is 122 Å². The molecular formula is C15H19FN2O3. The average Bonchev–Trinajstić information content (AvgIpc) is 2.48. The molecule has 114 valence electrons. The van der Waals surface area contributed by atoms with E-state index in [0.717, 1.165) is 0 Å². The van der Waals surface area contributed by atoms with Crippen LogP contribution in [0.4, 0.5) is 14.9 Å². The first kappa shape index (κ1) is 15.3. The third-order valence-electron chi connectivity index (χ3n) is 3.07. The Kier molecular flexibility index (Phi) is 4.16. The summed E-state index contributed by atoms with van der Waals surface area (Å²) in [6.07, 6.45) is 0.0225. The van der Waals surface area contributed by atoms with E-state index in [1.54, 1.807) is 26.8 Å². The van der Waals surface area contributed by atoms with Gasteiger partial charge in [0.15, 0.2) is 0 Å². The van der Waals surface area contributed by atoms with E-state index in [2.05, 4.69) is 10.6 Å². The summed E-state index contributed by atoms with van der Waals surface area (Å²) in [5, 5.41) is 5.16. The number of fused-ring (bicyclic) bond motifs is 1. The minimum absolute atomic E-state index is 0.318. The van der Waals surface area contributed by atoms with E-state index in [4.69, 9.17) is 4.74 Å². The fraction of sp³-hybridized carbons (Fsp3) is 0.467. The lowest BCUT2D eigenvalue weighted by molar-refractivity contribution is -0.118. The van der Waals surface area contributed by atoms with Gasteiger partial charge in [-0.15, -0.1) is 0 Å². The van der Waals surface area contributed by atoms with Crippen molar-refractivity contribution in [3.63, 3.8) is 0 Å². The number of ether oxygens (including phenoxy) is 1. The van der Waals surface area contributed by atoms with Crippen LogP contribution in [0.15, 0.2) is 18.2 Å². The van der Waals surface area contributed by atoms with E-state index < -0.39 is 17.7 Å². The van der Waals surface area contributed by atoms with Crippen molar-refractivity contribution < 1.29 is 18.7 Å². The quantitative estimate of drug-likeness (QED) is 0.836. The van der Waals surface area contributed by atoms with Crippen LogP contribution < -0.4 is 10.6 Å². The molecule has 0 spiro atoms. The molecule has 0 fully saturated rings. The van der Waals surface area contributed by atoms with E-state index in [0.29, 0.717) is 24.1 Å². The van der Waals surface area contributed by atoms with E-state index in [1.165, 1.54) is 12.1 Å². The molecule has 0 aliphatic carbocycles. The molecule has 21 heavy (non-hydrogen) atoms. The topological polar surface area (TPSA) is 67.4 Å². The van der Waals surface area contributed by atoms with Gasteiger partial charge in [-0.2, -0.15) is 0 Å². The molecule has 6 heteroatoms. The van der Waals surface area contributed by atoms with Crippen LogP contribution in [0.3, 0.4) is 0 Å². The normalized spacial score (nSPS) is 18.3. The predicted molar refractivity (Wildman–Crippen MR) is 76.5 cm³/mol. The third-order valence-corrected chi connectivity index (χ3v) is 3.07. The van der Waals surface area contributed by atoms with Crippen molar-refractivity contribution in [2.24, 2.45) is 0 Å². The van der Waals surface area contributed by atoms with Gasteiger partial charge in [-0.3, -0.25) is 4.79 Å². The summed E-state index contributed by atoms with van der Waals surface area (Å²) in [6, 6.07) is 3.79. The molecule has 0 saturated carbocycles. The Morgan fingerprint density at radius 1 is 1.43 bits per heavy atom. The number of benzene rings is 1. The molecule has 5 nitrogen and oxygen atoms in total. The number of carbonyl (C=O) groups is 2. The molecule has 2 amide bonds. The van der Waals surface area contributed by atoms with Crippen LogP contribution in [0.2, 0.25) is 0 Å². The van der Waals surface area contributed by atoms with Gasteiger partial charge in [0.2, 0.25) is 5.91 Å². The molecule has 0 saturated heterocycles. The highest BCUT2D eigenvalue weighted by molar-refractivity contribution is 5.97. The van der Waals surface area contributed by atoms with Gasteiger partial charge >= 0.3 is 6.09 Å². The number of nitrogens with one attached hydrogen (secondary N) is 2. The number of halogens is 1. The fourth-order valence-corrected chi connectivity index (χ4v) is 2.16. The molecule has 1 aliphatic rings. The Morgan fingerprint density at radius 2 is 2.14 bits per heavy atom. The van der Waals surface area contributed by atoms with Gasteiger partial charge in [-0.25, -0.2) is 9.18 Å². The maximum atomic E-state index is 13.7. The molecule has 2 N–H and O–H groups in total. The van der Waals surface area contributed by atoms with Crippen LogP contribution in [0.25, 0.3) is 0 Å². The second-order valence-corrected chi connectivity index (χ2v) is 5.99. The van der Waals surface area contributed by atoms with E-state index in [1.807, 2.05) is 0 Å². The first-order chi connectivity index (χ1) is 9.76. The molecule has 0 radical (unpaired) electrons. The summed E-state index contributed by atoms with van der Waals surface area (Å²) in [6.45, 7) is 5.22. The maximum Gasteiger partial charge on any atom is 0.408 e. The van der Waals surface area contributed by atoms with E-state index in [9.17, 15) is 14.0 Å². The van der Waals surface area contributed by atoms with Crippen molar-refractivity contribution in [1.82, 2.24) is 5.32 Å². The summed E-state index contributed by atoms with van der Waals surface area (Å²) in [4.78, 5) is 23.8. The molecule has 1 aromatic carbocycles. The smallest absolute Gasteiger partial charge is 0.408 e. The predicted octanol–water partition coefficient (Wildman–Crippen LogP) is 2.60.